The van der Waals surface area contributed by atoms with Crippen molar-refractivity contribution < 1.29 is 9.47 Å². The quantitative estimate of drug-likeness (QED) is 0.619. The summed E-state index contributed by atoms with van der Waals surface area (Å²) >= 11 is 0. The monoisotopic (exact) mass is 388 g/mol. The normalized spacial score (nSPS) is 16.3. The first-order chi connectivity index (χ1) is 13.8. The molecule has 28 heavy (non-hydrogen) atoms. The van der Waals surface area contributed by atoms with Crippen LogP contribution in [0.25, 0.3) is 0 Å². The molecule has 1 unspecified atom stereocenters. The number of hydrogen-bond donors (Lipinski definition) is 0. The van der Waals surface area contributed by atoms with Crippen LogP contribution >= 0.6 is 0 Å². The van der Waals surface area contributed by atoms with E-state index >= 15 is 0 Å². The molecule has 1 aliphatic rings. The molecule has 1 aromatic heterocycles. The number of piperazine rings is 1. The van der Waals surface area contributed by atoms with Crippen molar-refractivity contribution in [3.8, 4) is 5.75 Å². The van der Waals surface area contributed by atoms with Crippen molar-refractivity contribution in [1.82, 2.24) is 25.1 Å². The van der Waals surface area contributed by atoms with Crippen molar-refractivity contribution in [3.05, 3.63) is 30.1 Å². The van der Waals surface area contributed by atoms with E-state index in [4.69, 9.17) is 9.47 Å². The molecule has 1 aliphatic heterocycles. The fraction of sp³-hybridized carbons (Fsp3) is 0.650. The van der Waals surface area contributed by atoms with E-state index < -0.39 is 0 Å². The summed E-state index contributed by atoms with van der Waals surface area (Å²) in [5, 5.41) is 12.5. The van der Waals surface area contributed by atoms with Crippen LogP contribution in [0.5, 0.6) is 5.75 Å². The Morgan fingerprint density at radius 1 is 1.07 bits per heavy atom. The van der Waals surface area contributed by atoms with E-state index in [-0.39, 0.29) is 6.04 Å². The smallest absolute Gasteiger partial charge is 0.168 e. The first kappa shape index (κ1) is 20.5. The van der Waals surface area contributed by atoms with Gasteiger partial charge in [0.05, 0.1) is 26.3 Å². The Labute approximate surface area is 167 Å². The Morgan fingerprint density at radius 3 is 2.46 bits per heavy atom. The first-order valence-corrected chi connectivity index (χ1v) is 10.1. The molecule has 0 saturated carbocycles. The van der Waals surface area contributed by atoms with Gasteiger partial charge in [0.2, 0.25) is 0 Å². The summed E-state index contributed by atoms with van der Waals surface area (Å²) in [4.78, 5) is 4.96. The number of methoxy groups -OCH3 is 2. The van der Waals surface area contributed by atoms with Crippen LogP contribution in [0.15, 0.2) is 24.3 Å². The number of aromatic nitrogens is 4. The fourth-order valence-electron chi connectivity index (χ4n) is 3.74. The van der Waals surface area contributed by atoms with E-state index in [9.17, 15) is 0 Å². The molecule has 0 amide bonds. The van der Waals surface area contributed by atoms with E-state index in [0.717, 1.165) is 44.2 Å². The molecule has 0 spiro atoms. The van der Waals surface area contributed by atoms with Crippen molar-refractivity contribution in [3.63, 3.8) is 0 Å². The third-order valence-electron chi connectivity index (χ3n) is 5.39. The van der Waals surface area contributed by atoms with Gasteiger partial charge in [-0.1, -0.05) is 19.8 Å². The lowest BCUT2D eigenvalue weighted by atomic mass is 10.1. The minimum Gasteiger partial charge on any atom is -0.497 e. The largest absolute Gasteiger partial charge is 0.497 e. The number of benzene rings is 1. The third kappa shape index (κ3) is 4.99. The average Bonchev–Trinajstić information content (AvgIpc) is 3.21. The summed E-state index contributed by atoms with van der Waals surface area (Å²) < 4.78 is 12.4. The van der Waals surface area contributed by atoms with Gasteiger partial charge < -0.3 is 14.4 Å². The van der Waals surface area contributed by atoms with Crippen molar-refractivity contribution >= 4 is 5.69 Å². The summed E-state index contributed by atoms with van der Waals surface area (Å²) in [6.45, 7) is 7.52. The summed E-state index contributed by atoms with van der Waals surface area (Å²) in [5.74, 6) is 1.85. The molecular weight excluding hydrogens is 356 g/mol. The van der Waals surface area contributed by atoms with E-state index in [0.29, 0.717) is 13.2 Å². The summed E-state index contributed by atoms with van der Waals surface area (Å²) in [7, 11) is 3.40. The van der Waals surface area contributed by atoms with Gasteiger partial charge in [0.1, 0.15) is 5.75 Å². The van der Waals surface area contributed by atoms with Gasteiger partial charge in [-0.3, -0.25) is 4.90 Å². The van der Waals surface area contributed by atoms with Gasteiger partial charge in [0, 0.05) is 39.0 Å². The maximum atomic E-state index is 5.27. The number of ether oxygens (including phenoxy) is 2. The number of anilines is 1. The Bertz CT molecular complexity index is 697. The Balaban J connectivity index is 1.66. The predicted molar refractivity (Wildman–Crippen MR) is 109 cm³/mol. The lowest BCUT2D eigenvalue weighted by molar-refractivity contribution is 0.152. The molecule has 1 saturated heterocycles. The molecule has 1 fully saturated rings. The molecule has 8 heteroatoms. The molecule has 2 heterocycles. The molecular formula is C20H32N6O2. The lowest BCUT2D eigenvalue weighted by Gasteiger charge is -2.39. The summed E-state index contributed by atoms with van der Waals surface area (Å²) in [6.07, 6.45) is 3.41. The topological polar surface area (TPSA) is 68.5 Å². The molecule has 1 aromatic carbocycles. The van der Waals surface area contributed by atoms with Crippen molar-refractivity contribution in [1.29, 1.82) is 0 Å². The van der Waals surface area contributed by atoms with Crippen LogP contribution in [0.2, 0.25) is 0 Å². The average molecular weight is 389 g/mol. The van der Waals surface area contributed by atoms with Gasteiger partial charge in [-0.25, -0.2) is 4.68 Å². The second-order valence-electron chi connectivity index (χ2n) is 7.13. The molecule has 154 valence electrons. The van der Waals surface area contributed by atoms with Crippen molar-refractivity contribution in [2.45, 2.75) is 38.8 Å². The Kier molecular flexibility index (Phi) is 7.62. The van der Waals surface area contributed by atoms with Crippen molar-refractivity contribution in [2.24, 2.45) is 0 Å². The SMILES string of the molecule is CCCCC(c1nnnn1CCOC)N1CCN(c2ccc(OC)cc2)CC1. The zero-order chi connectivity index (χ0) is 19.8. The maximum absolute atomic E-state index is 5.27. The Hall–Kier alpha value is -2.19. The Morgan fingerprint density at radius 2 is 1.82 bits per heavy atom. The van der Waals surface area contributed by atoms with Crippen LogP contribution in [0.3, 0.4) is 0 Å². The zero-order valence-corrected chi connectivity index (χ0v) is 17.3. The highest BCUT2D eigenvalue weighted by molar-refractivity contribution is 5.49. The highest BCUT2D eigenvalue weighted by Gasteiger charge is 2.28. The van der Waals surface area contributed by atoms with Crippen LogP contribution in [-0.2, 0) is 11.3 Å². The van der Waals surface area contributed by atoms with Crippen LogP contribution < -0.4 is 9.64 Å². The van der Waals surface area contributed by atoms with E-state index in [2.05, 4.69) is 44.4 Å². The van der Waals surface area contributed by atoms with E-state index in [1.807, 2.05) is 16.8 Å². The number of rotatable bonds is 10. The molecule has 0 N–H and O–H groups in total. The van der Waals surface area contributed by atoms with Crippen LogP contribution in [0.1, 0.15) is 38.1 Å². The minimum atomic E-state index is 0.254. The lowest BCUT2D eigenvalue weighted by Crippen LogP contribution is -2.48. The molecule has 2 aromatic rings. The fourth-order valence-corrected chi connectivity index (χ4v) is 3.74. The van der Waals surface area contributed by atoms with E-state index in [1.54, 1.807) is 14.2 Å². The van der Waals surface area contributed by atoms with Crippen LogP contribution in [0.4, 0.5) is 5.69 Å². The van der Waals surface area contributed by atoms with Gasteiger partial charge >= 0.3 is 0 Å². The van der Waals surface area contributed by atoms with Crippen LogP contribution in [-0.4, -0.2) is 72.1 Å². The highest BCUT2D eigenvalue weighted by atomic mass is 16.5. The summed E-state index contributed by atoms with van der Waals surface area (Å²) in [5.41, 5.74) is 1.25. The van der Waals surface area contributed by atoms with Gasteiger partial charge in [0.15, 0.2) is 5.82 Å². The number of nitrogens with zero attached hydrogens (tertiary/aromatic N) is 6. The summed E-state index contributed by atoms with van der Waals surface area (Å²) in [6, 6.07) is 8.57. The second kappa shape index (κ2) is 10.4. The minimum absolute atomic E-state index is 0.254. The molecule has 0 bridgehead atoms. The zero-order valence-electron chi connectivity index (χ0n) is 17.3. The molecule has 0 aliphatic carbocycles. The number of unbranched alkanes of at least 4 members (excludes halogenated alkanes) is 1. The van der Waals surface area contributed by atoms with Crippen molar-refractivity contribution in [2.75, 3.05) is 51.9 Å². The van der Waals surface area contributed by atoms with Gasteiger partial charge in [-0.15, -0.1) is 5.10 Å². The number of hydrogen-bond acceptors (Lipinski definition) is 7. The van der Waals surface area contributed by atoms with Gasteiger partial charge in [0.25, 0.3) is 0 Å². The third-order valence-corrected chi connectivity index (χ3v) is 5.39. The molecule has 8 nitrogen and oxygen atoms in total. The predicted octanol–water partition coefficient (Wildman–Crippen LogP) is 2.38. The molecule has 0 radical (unpaired) electrons. The second-order valence-corrected chi connectivity index (χ2v) is 7.13. The van der Waals surface area contributed by atoms with Gasteiger partial charge in [-0.2, -0.15) is 0 Å². The first-order valence-electron chi connectivity index (χ1n) is 10.1. The maximum Gasteiger partial charge on any atom is 0.168 e. The van der Waals surface area contributed by atoms with E-state index in [1.165, 1.54) is 18.5 Å². The molecule has 3 rings (SSSR count). The number of tetrazole rings is 1. The van der Waals surface area contributed by atoms with Crippen LogP contribution in [0, 0.1) is 0 Å². The highest BCUT2D eigenvalue weighted by Crippen LogP contribution is 2.27. The standard InChI is InChI=1S/C20H32N6O2/c1-4-5-6-19(20-21-22-23-26(20)15-16-27-2)25-13-11-24(12-14-25)17-7-9-18(28-3)10-8-17/h7-10,19H,4-6,11-16H2,1-3H3. The molecule has 1 atom stereocenters. The van der Waals surface area contributed by atoms with Gasteiger partial charge in [-0.05, 0) is 41.1 Å².